The fraction of sp³-hybridized carbons (Fsp3) is 0.182. The Balaban J connectivity index is 1.73. The zero-order chi connectivity index (χ0) is 20.4. The number of rotatable bonds is 5. The van der Waals surface area contributed by atoms with Gasteiger partial charge >= 0.3 is 0 Å². The van der Waals surface area contributed by atoms with Crippen LogP contribution in [0.4, 0.5) is 0 Å². The maximum absolute atomic E-state index is 12.4. The fourth-order valence-corrected chi connectivity index (χ4v) is 3.11. The number of aromatic nitrogens is 4. The number of ether oxygens (including phenoxy) is 1. The van der Waals surface area contributed by atoms with Crippen LogP contribution < -0.4 is 10.2 Å². The molecule has 0 atom stereocenters. The van der Waals surface area contributed by atoms with Crippen molar-refractivity contribution in [3.8, 4) is 34.4 Å². The molecular weight excluding hydrogens is 368 g/mol. The summed E-state index contributed by atoms with van der Waals surface area (Å²) in [4.78, 5) is 16.8. The standard InChI is InChI=1S/C22H20N4O3/c1-4-28-18-7-5-6-16(13-18)21-23-22(29-25-21)20-19(27)8-9-26(24-20)17-11-14(2)10-15(3)12-17/h5-13H,4H2,1-3H3. The van der Waals surface area contributed by atoms with E-state index in [0.717, 1.165) is 22.4 Å². The Morgan fingerprint density at radius 2 is 1.86 bits per heavy atom. The van der Waals surface area contributed by atoms with Crippen molar-refractivity contribution in [1.82, 2.24) is 19.9 Å². The largest absolute Gasteiger partial charge is 0.494 e. The van der Waals surface area contributed by atoms with E-state index in [-0.39, 0.29) is 17.0 Å². The van der Waals surface area contributed by atoms with E-state index in [0.29, 0.717) is 18.2 Å². The van der Waals surface area contributed by atoms with Crippen LogP contribution in [0.5, 0.6) is 5.75 Å². The maximum Gasteiger partial charge on any atom is 0.282 e. The summed E-state index contributed by atoms with van der Waals surface area (Å²) in [6.45, 7) is 6.51. The molecule has 0 aliphatic rings. The molecule has 0 unspecified atom stereocenters. The minimum Gasteiger partial charge on any atom is -0.494 e. The average Bonchev–Trinajstić information content (AvgIpc) is 3.18. The van der Waals surface area contributed by atoms with Gasteiger partial charge in [-0.05, 0) is 56.2 Å². The lowest BCUT2D eigenvalue weighted by atomic mass is 10.1. The third-order valence-electron chi connectivity index (χ3n) is 4.31. The molecule has 146 valence electrons. The number of hydrogen-bond acceptors (Lipinski definition) is 6. The molecule has 0 bridgehead atoms. The molecule has 0 aliphatic heterocycles. The molecule has 2 aromatic carbocycles. The van der Waals surface area contributed by atoms with Crippen molar-refractivity contribution in [2.75, 3.05) is 6.61 Å². The van der Waals surface area contributed by atoms with Crippen LogP contribution in [0.15, 0.2) is 64.0 Å². The van der Waals surface area contributed by atoms with Crippen LogP contribution >= 0.6 is 0 Å². The first-order valence-corrected chi connectivity index (χ1v) is 9.29. The summed E-state index contributed by atoms with van der Waals surface area (Å²) in [7, 11) is 0. The van der Waals surface area contributed by atoms with E-state index in [2.05, 4.69) is 21.3 Å². The first-order valence-electron chi connectivity index (χ1n) is 9.29. The minimum absolute atomic E-state index is 0.0746. The Kier molecular flexibility index (Phi) is 4.95. The van der Waals surface area contributed by atoms with E-state index in [1.54, 1.807) is 10.9 Å². The molecule has 0 saturated heterocycles. The van der Waals surface area contributed by atoms with Crippen molar-refractivity contribution >= 4 is 0 Å². The molecule has 2 heterocycles. The van der Waals surface area contributed by atoms with Gasteiger partial charge in [0.1, 0.15) is 5.75 Å². The van der Waals surface area contributed by atoms with Gasteiger partial charge in [0, 0.05) is 17.8 Å². The summed E-state index contributed by atoms with van der Waals surface area (Å²) >= 11 is 0. The molecule has 0 N–H and O–H groups in total. The van der Waals surface area contributed by atoms with Gasteiger partial charge in [0.2, 0.25) is 11.3 Å². The predicted octanol–water partition coefficient (Wildman–Crippen LogP) is 3.97. The van der Waals surface area contributed by atoms with Gasteiger partial charge in [0.05, 0.1) is 12.3 Å². The van der Waals surface area contributed by atoms with E-state index in [1.165, 1.54) is 6.07 Å². The summed E-state index contributed by atoms with van der Waals surface area (Å²) in [5.41, 5.74) is 3.62. The van der Waals surface area contributed by atoms with Gasteiger partial charge in [-0.3, -0.25) is 4.79 Å². The third kappa shape index (κ3) is 3.94. The van der Waals surface area contributed by atoms with Crippen LogP contribution in [-0.2, 0) is 0 Å². The third-order valence-corrected chi connectivity index (χ3v) is 4.31. The quantitative estimate of drug-likeness (QED) is 0.514. The Morgan fingerprint density at radius 3 is 2.62 bits per heavy atom. The second kappa shape index (κ2) is 7.71. The number of hydrogen-bond donors (Lipinski definition) is 0. The van der Waals surface area contributed by atoms with Crippen molar-refractivity contribution in [3.63, 3.8) is 0 Å². The predicted molar refractivity (Wildman–Crippen MR) is 109 cm³/mol. The van der Waals surface area contributed by atoms with Gasteiger partial charge in [-0.1, -0.05) is 23.4 Å². The second-order valence-corrected chi connectivity index (χ2v) is 6.70. The van der Waals surface area contributed by atoms with E-state index in [9.17, 15) is 4.79 Å². The van der Waals surface area contributed by atoms with Crippen molar-refractivity contribution in [2.24, 2.45) is 0 Å². The highest BCUT2D eigenvalue weighted by Gasteiger charge is 2.16. The summed E-state index contributed by atoms with van der Waals surface area (Å²) < 4.78 is 12.5. The SMILES string of the molecule is CCOc1cccc(-c2noc(-c3nn(-c4cc(C)cc(C)c4)ccc3=O)n2)c1. The molecule has 0 aliphatic carbocycles. The molecule has 0 fully saturated rings. The van der Waals surface area contributed by atoms with Gasteiger partial charge in [-0.2, -0.15) is 10.1 Å². The Labute approximate surface area is 167 Å². The molecule has 0 radical (unpaired) electrons. The van der Waals surface area contributed by atoms with Crippen LogP contribution in [-0.4, -0.2) is 26.5 Å². The van der Waals surface area contributed by atoms with Crippen molar-refractivity contribution < 1.29 is 9.26 Å². The highest BCUT2D eigenvalue weighted by Crippen LogP contribution is 2.23. The monoisotopic (exact) mass is 388 g/mol. The lowest BCUT2D eigenvalue weighted by Crippen LogP contribution is -2.13. The lowest BCUT2D eigenvalue weighted by Gasteiger charge is -2.08. The first kappa shape index (κ1) is 18.6. The van der Waals surface area contributed by atoms with Crippen molar-refractivity contribution in [3.05, 3.63) is 76.1 Å². The molecule has 0 spiro atoms. The molecular formula is C22H20N4O3. The molecule has 4 aromatic rings. The van der Waals surface area contributed by atoms with Gasteiger partial charge in [0.25, 0.3) is 5.89 Å². The number of nitrogens with zero attached hydrogens (tertiary/aromatic N) is 4. The van der Waals surface area contributed by atoms with E-state index >= 15 is 0 Å². The van der Waals surface area contributed by atoms with E-state index < -0.39 is 0 Å². The topological polar surface area (TPSA) is 83.0 Å². The molecule has 7 heteroatoms. The normalized spacial score (nSPS) is 10.9. The highest BCUT2D eigenvalue weighted by molar-refractivity contribution is 5.59. The summed E-state index contributed by atoms with van der Waals surface area (Å²) in [5, 5.41) is 8.44. The average molecular weight is 388 g/mol. The van der Waals surface area contributed by atoms with Crippen LogP contribution in [0.1, 0.15) is 18.1 Å². The highest BCUT2D eigenvalue weighted by atomic mass is 16.5. The summed E-state index contributed by atoms with van der Waals surface area (Å²) in [5.74, 6) is 1.15. The zero-order valence-electron chi connectivity index (χ0n) is 16.4. The van der Waals surface area contributed by atoms with Gasteiger partial charge in [0.15, 0.2) is 5.69 Å². The van der Waals surface area contributed by atoms with Crippen molar-refractivity contribution in [2.45, 2.75) is 20.8 Å². The maximum atomic E-state index is 12.4. The fourth-order valence-electron chi connectivity index (χ4n) is 3.11. The molecule has 7 nitrogen and oxygen atoms in total. The van der Waals surface area contributed by atoms with Crippen LogP contribution in [0.3, 0.4) is 0 Å². The molecule has 4 rings (SSSR count). The zero-order valence-corrected chi connectivity index (χ0v) is 16.4. The van der Waals surface area contributed by atoms with Gasteiger partial charge < -0.3 is 9.26 Å². The molecule has 2 aromatic heterocycles. The van der Waals surface area contributed by atoms with Crippen molar-refractivity contribution in [1.29, 1.82) is 0 Å². The van der Waals surface area contributed by atoms with Crippen LogP contribution in [0.2, 0.25) is 0 Å². The molecule has 29 heavy (non-hydrogen) atoms. The smallest absolute Gasteiger partial charge is 0.282 e. The minimum atomic E-state index is -0.288. The first-order chi connectivity index (χ1) is 14.0. The van der Waals surface area contributed by atoms with Crippen LogP contribution in [0.25, 0.3) is 28.7 Å². The summed E-state index contributed by atoms with van der Waals surface area (Å²) in [6, 6.07) is 14.9. The molecule has 0 amide bonds. The Hall–Kier alpha value is -3.74. The lowest BCUT2D eigenvalue weighted by molar-refractivity contribution is 0.340. The number of aryl methyl sites for hydroxylation is 2. The van der Waals surface area contributed by atoms with Gasteiger partial charge in [-0.15, -0.1) is 0 Å². The second-order valence-electron chi connectivity index (χ2n) is 6.70. The van der Waals surface area contributed by atoms with Crippen LogP contribution in [0, 0.1) is 13.8 Å². The number of benzene rings is 2. The van der Waals surface area contributed by atoms with E-state index in [1.807, 2.05) is 57.2 Å². The Bertz CT molecular complexity index is 1210. The summed E-state index contributed by atoms with van der Waals surface area (Å²) in [6.07, 6.45) is 1.63. The molecule has 0 saturated carbocycles. The van der Waals surface area contributed by atoms with Gasteiger partial charge in [-0.25, -0.2) is 4.68 Å². The van der Waals surface area contributed by atoms with E-state index in [4.69, 9.17) is 9.26 Å². The Morgan fingerprint density at radius 1 is 1.07 bits per heavy atom.